The van der Waals surface area contributed by atoms with Crippen LogP contribution < -0.4 is 34.0 Å². The van der Waals surface area contributed by atoms with E-state index in [4.69, 9.17) is 28.4 Å². The van der Waals surface area contributed by atoms with Crippen molar-refractivity contribution in [3.63, 3.8) is 0 Å². The summed E-state index contributed by atoms with van der Waals surface area (Å²) >= 11 is 0. The number of ether oxygens (including phenoxy) is 6. The maximum atomic E-state index is 14.5. The molecule has 222 valence electrons. The van der Waals surface area contributed by atoms with E-state index in [9.17, 15) is 4.79 Å². The van der Waals surface area contributed by atoms with E-state index in [1.54, 1.807) is 53.3 Å². The highest BCUT2D eigenvalue weighted by Crippen LogP contribution is 2.50. The number of hydrogen-bond acceptors (Lipinski definition) is 7. The summed E-state index contributed by atoms with van der Waals surface area (Å²) in [6.07, 6.45) is 2.44. The molecule has 9 heteroatoms. The molecule has 1 aliphatic rings. The van der Waals surface area contributed by atoms with Crippen LogP contribution in [0.4, 0.5) is 0 Å². The number of hydrogen-bond donors (Lipinski definition) is 0. The first-order valence-corrected chi connectivity index (χ1v) is 13.9. The fourth-order valence-electron chi connectivity index (χ4n) is 6.30. The van der Waals surface area contributed by atoms with Crippen molar-refractivity contribution >= 4 is 21.8 Å². The monoisotopic (exact) mass is 582 g/mol. The van der Waals surface area contributed by atoms with E-state index in [-0.39, 0.29) is 5.56 Å². The van der Waals surface area contributed by atoms with Crippen molar-refractivity contribution in [1.82, 2.24) is 9.13 Å². The molecule has 0 bridgehead atoms. The molecule has 0 N–H and O–H groups in total. The second-order valence-electron chi connectivity index (χ2n) is 10.2. The van der Waals surface area contributed by atoms with Gasteiger partial charge in [-0.3, -0.25) is 4.79 Å². The first kappa shape index (κ1) is 28.1. The quantitative estimate of drug-likeness (QED) is 0.195. The summed E-state index contributed by atoms with van der Waals surface area (Å²) in [6, 6.07) is 13.6. The van der Waals surface area contributed by atoms with Gasteiger partial charge in [0.2, 0.25) is 0 Å². The summed E-state index contributed by atoms with van der Waals surface area (Å²) < 4.78 is 37.9. The molecule has 3 heterocycles. The summed E-state index contributed by atoms with van der Waals surface area (Å²) in [5.41, 5.74) is 5.94. The first-order chi connectivity index (χ1) is 20.9. The molecular formula is C34H34N2O7. The number of nitrogens with zero attached hydrogens (tertiary/aromatic N) is 2. The minimum Gasteiger partial charge on any atom is -0.493 e. The maximum Gasteiger partial charge on any atom is 0.275 e. The molecule has 3 aromatic carbocycles. The fourth-order valence-corrected chi connectivity index (χ4v) is 6.30. The smallest absolute Gasteiger partial charge is 0.275 e. The normalized spacial score (nSPS) is 12.0. The van der Waals surface area contributed by atoms with Crippen molar-refractivity contribution in [2.24, 2.45) is 0 Å². The van der Waals surface area contributed by atoms with Crippen LogP contribution in [0.2, 0.25) is 0 Å². The van der Waals surface area contributed by atoms with Gasteiger partial charge in [-0.1, -0.05) is 12.1 Å². The zero-order valence-electron chi connectivity index (χ0n) is 25.2. The van der Waals surface area contributed by atoms with Crippen molar-refractivity contribution in [2.45, 2.75) is 19.5 Å². The maximum absolute atomic E-state index is 14.5. The van der Waals surface area contributed by atoms with Crippen LogP contribution in [0.5, 0.6) is 34.5 Å². The summed E-state index contributed by atoms with van der Waals surface area (Å²) in [7, 11) is 9.67. The average Bonchev–Trinajstić information content (AvgIpc) is 3.40. The molecule has 0 saturated carbocycles. The van der Waals surface area contributed by atoms with Gasteiger partial charge in [0.1, 0.15) is 5.52 Å². The van der Waals surface area contributed by atoms with Gasteiger partial charge >= 0.3 is 0 Å². The van der Waals surface area contributed by atoms with Gasteiger partial charge in [-0.2, -0.15) is 0 Å². The van der Waals surface area contributed by atoms with E-state index in [2.05, 4.69) is 11.1 Å². The van der Waals surface area contributed by atoms with Gasteiger partial charge in [-0.25, -0.2) is 0 Å². The number of fused-ring (bicyclic) bond motifs is 7. The Kier molecular flexibility index (Phi) is 7.17. The molecule has 0 unspecified atom stereocenters. The Morgan fingerprint density at radius 3 is 2.02 bits per heavy atom. The molecule has 0 aliphatic carbocycles. The van der Waals surface area contributed by atoms with Gasteiger partial charge in [-0.15, -0.1) is 6.58 Å². The minimum atomic E-state index is -0.119. The zero-order chi connectivity index (χ0) is 30.4. The third-order valence-corrected chi connectivity index (χ3v) is 8.23. The molecule has 6 rings (SSSR count). The number of allylic oxidation sites excluding steroid dienone is 1. The number of pyridine rings is 1. The number of aromatic nitrogens is 2. The van der Waals surface area contributed by atoms with Gasteiger partial charge in [0.05, 0.1) is 53.9 Å². The number of rotatable bonds is 9. The van der Waals surface area contributed by atoms with E-state index < -0.39 is 0 Å². The highest BCUT2D eigenvalue weighted by molar-refractivity contribution is 6.17. The van der Waals surface area contributed by atoms with Crippen LogP contribution in [0, 0.1) is 0 Å². The van der Waals surface area contributed by atoms with Gasteiger partial charge in [0, 0.05) is 41.1 Å². The number of benzene rings is 3. The fraction of sp³-hybridized carbons (Fsp3) is 0.265. The molecule has 0 amide bonds. The molecule has 0 radical (unpaired) electrons. The summed E-state index contributed by atoms with van der Waals surface area (Å²) in [6.45, 7) is 4.86. The van der Waals surface area contributed by atoms with Gasteiger partial charge < -0.3 is 37.6 Å². The van der Waals surface area contributed by atoms with E-state index in [1.165, 1.54) is 0 Å². The SMILES string of the molecule is C=CCn1c(=O)c2c(c(-c3ccc(OC)c(OC)c3)c3n2CCc2cc(OC)c(OC)cc2-3)c2cc(OC)c(OC)cc21. The Bertz CT molecular complexity index is 1970. The van der Waals surface area contributed by atoms with Crippen LogP contribution in [-0.4, -0.2) is 51.8 Å². The van der Waals surface area contributed by atoms with Crippen molar-refractivity contribution in [3.05, 3.63) is 71.0 Å². The molecule has 0 atom stereocenters. The third-order valence-electron chi connectivity index (χ3n) is 8.23. The summed E-state index contributed by atoms with van der Waals surface area (Å²) in [5.74, 6) is 3.56. The van der Waals surface area contributed by atoms with E-state index in [0.717, 1.165) is 38.7 Å². The molecule has 0 spiro atoms. The van der Waals surface area contributed by atoms with Crippen LogP contribution in [0.15, 0.2) is 59.9 Å². The first-order valence-electron chi connectivity index (χ1n) is 13.9. The molecule has 2 aromatic heterocycles. The van der Waals surface area contributed by atoms with Crippen LogP contribution in [0.1, 0.15) is 5.56 Å². The lowest BCUT2D eigenvalue weighted by molar-refractivity contribution is 0.354. The Hall–Kier alpha value is -5.05. The zero-order valence-corrected chi connectivity index (χ0v) is 25.2. The van der Waals surface area contributed by atoms with Crippen molar-refractivity contribution in [3.8, 4) is 56.9 Å². The Balaban J connectivity index is 1.87. The largest absolute Gasteiger partial charge is 0.493 e. The molecule has 43 heavy (non-hydrogen) atoms. The summed E-state index contributed by atoms with van der Waals surface area (Å²) in [4.78, 5) is 14.5. The molecule has 5 aromatic rings. The standard InChI is InChI=1S/C34H34N2O7/c1-8-12-35-23-18-29(43-7)28(42-6)17-22(23)31-30(20-9-10-24(38-2)25(15-20)39-3)32-21-16-27(41-5)26(40-4)14-19(21)11-13-36(32)33(31)34(35)37/h8-10,14-18H,1,11-13H2,2-7H3. The van der Waals surface area contributed by atoms with Crippen LogP contribution in [0.3, 0.4) is 0 Å². The topological polar surface area (TPSA) is 82.3 Å². The Labute approximate surface area is 249 Å². The highest BCUT2D eigenvalue weighted by atomic mass is 16.5. The lowest BCUT2D eigenvalue weighted by atomic mass is 9.91. The number of aryl methyl sites for hydroxylation is 2. The molecule has 0 fully saturated rings. The van der Waals surface area contributed by atoms with Gasteiger partial charge in [0.25, 0.3) is 5.56 Å². The third kappa shape index (κ3) is 4.18. The highest BCUT2D eigenvalue weighted by Gasteiger charge is 2.31. The second-order valence-corrected chi connectivity index (χ2v) is 10.2. The Morgan fingerprint density at radius 2 is 1.37 bits per heavy atom. The molecule has 0 saturated heterocycles. The van der Waals surface area contributed by atoms with Gasteiger partial charge in [-0.05, 0) is 47.9 Å². The Morgan fingerprint density at radius 1 is 0.767 bits per heavy atom. The van der Waals surface area contributed by atoms with Crippen LogP contribution >= 0.6 is 0 Å². The van der Waals surface area contributed by atoms with Gasteiger partial charge in [0.15, 0.2) is 34.5 Å². The van der Waals surface area contributed by atoms with Crippen molar-refractivity contribution in [1.29, 1.82) is 0 Å². The lowest BCUT2D eigenvalue weighted by Crippen LogP contribution is -2.23. The molecule has 1 aliphatic heterocycles. The van der Waals surface area contributed by atoms with E-state index in [1.807, 2.05) is 42.5 Å². The molecule has 9 nitrogen and oxygen atoms in total. The van der Waals surface area contributed by atoms with E-state index in [0.29, 0.717) is 65.0 Å². The average molecular weight is 583 g/mol. The second kappa shape index (κ2) is 11.0. The predicted octanol–water partition coefficient (Wildman–Crippen LogP) is 6.08. The predicted molar refractivity (Wildman–Crippen MR) is 168 cm³/mol. The molecular weight excluding hydrogens is 548 g/mol. The summed E-state index contributed by atoms with van der Waals surface area (Å²) in [5, 5.41) is 1.66. The van der Waals surface area contributed by atoms with Crippen molar-refractivity contribution < 1.29 is 28.4 Å². The minimum absolute atomic E-state index is 0.119. The number of methoxy groups -OCH3 is 6. The van der Waals surface area contributed by atoms with Crippen LogP contribution in [0.25, 0.3) is 44.2 Å². The van der Waals surface area contributed by atoms with Crippen molar-refractivity contribution in [2.75, 3.05) is 42.7 Å². The van der Waals surface area contributed by atoms with E-state index >= 15 is 0 Å². The van der Waals surface area contributed by atoms with Crippen LogP contribution in [-0.2, 0) is 19.5 Å². The lowest BCUT2D eigenvalue weighted by Gasteiger charge is -2.23.